The maximum Gasteiger partial charge on any atom is 0 e. The van der Waals surface area contributed by atoms with Gasteiger partial charge in [0.1, 0.15) is 6.04 Å². The van der Waals surface area contributed by atoms with Crippen LogP contribution in [0.2, 0.25) is 0 Å². The number of para-hydroxylation sites is 1. The maximum atomic E-state index is 13.9. The van der Waals surface area contributed by atoms with E-state index in [1.807, 2.05) is 67.6 Å². The van der Waals surface area contributed by atoms with Crippen LogP contribution in [-0.4, -0.2) is 75.6 Å². The Morgan fingerprint density at radius 2 is 1.36 bits per heavy atom. The Morgan fingerprint density at radius 3 is 1.99 bits per heavy atom. The number of fused-ring (bicyclic) bond motifs is 1. The van der Waals surface area contributed by atoms with Gasteiger partial charge in [0.2, 0.25) is 24.5 Å². The van der Waals surface area contributed by atoms with E-state index in [0.717, 1.165) is 42.8 Å². The second-order valence-electron chi connectivity index (χ2n) is 16.2. The number of amides is 5. The molecule has 6 rings (SSSR count). The maximum absolute atomic E-state index is 13.9. The van der Waals surface area contributed by atoms with E-state index in [1.165, 1.54) is 0 Å². The van der Waals surface area contributed by atoms with Crippen molar-refractivity contribution < 1.29 is 72.6 Å². The Hall–Kier alpha value is -7.46. The molecule has 383 valence electrons. The Bertz CT molecular complexity index is 2480. The molecule has 73 heavy (non-hydrogen) atoms. The second-order valence-corrected chi connectivity index (χ2v) is 16.2. The third-order valence-corrected chi connectivity index (χ3v) is 11.0. The van der Waals surface area contributed by atoms with E-state index in [2.05, 4.69) is 61.4 Å². The van der Waals surface area contributed by atoms with Gasteiger partial charge in [-0.2, -0.15) is 0 Å². The zero-order chi connectivity index (χ0) is 52.5. The van der Waals surface area contributed by atoms with Crippen molar-refractivity contribution >= 4 is 41.1 Å². The average Bonchev–Trinajstić information content (AvgIpc) is 3.87. The molecule has 0 bridgehead atoms. The van der Waals surface area contributed by atoms with Crippen LogP contribution in [0.15, 0.2) is 116 Å². The number of rotatable bonds is 25. The van der Waals surface area contributed by atoms with Gasteiger partial charge in [0.15, 0.2) is 11.5 Å². The van der Waals surface area contributed by atoms with Crippen molar-refractivity contribution in [1.29, 1.82) is 0 Å². The van der Waals surface area contributed by atoms with Gasteiger partial charge in [-0.05, 0) is 117 Å². The summed E-state index contributed by atoms with van der Waals surface area (Å²) in [7, 11) is 0. The number of hydrogen-bond acceptors (Lipinski definition) is 10. The van der Waals surface area contributed by atoms with Crippen molar-refractivity contribution in [3.05, 3.63) is 164 Å². The predicted molar refractivity (Wildman–Crippen MR) is 261 cm³/mol. The number of urea groups is 1. The molecule has 1 aliphatic rings. The first-order valence-corrected chi connectivity index (χ1v) is 22.9. The first kappa shape index (κ1) is 61.7. The number of carbonyl (C=O) groups excluding carboxylic acids is 4. The number of carbonyl (C=O) groups is 5. The summed E-state index contributed by atoms with van der Waals surface area (Å²) in [5, 5.41) is 24.0. The number of benzene rings is 3. The average molecular weight is 1080 g/mol. The van der Waals surface area contributed by atoms with Crippen molar-refractivity contribution in [2.24, 2.45) is 0 Å². The van der Waals surface area contributed by atoms with Gasteiger partial charge in [0.05, 0.1) is 30.3 Å². The third kappa shape index (κ3) is 23.1. The number of nitrogens with zero attached hydrogens (tertiary/aromatic N) is 3. The van der Waals surface area contributed by atoms with E-state index in [0.29, 0.717) is 72.9 Å². The molecule has 1 radical (unpaired) electrons. The van der Waals surface area contributed by atoms with Crippen LogP contribution in [0.25, 0.3) is 0 Å². The number of anilines is 2. The van der Waals surface area contributed by atoms with Crippen LogP contribution in [-0.2, 0) is 72.8 Å². The van der Waals surface area contributed by atoms with Crippen LogP contribution in [0, 0.1) is 26.9 Å². The molecule has 19 nitrogen and oxygen atoms in total. The topological polar surface area (TPSA) is 273 Å². The van der Waals surface area contributed by atoms with Gasteiger partial charge < -0.3 is 41.2 Å². The number of unbranched alkanes of at least 4 members (excludes halogenated alkanes) is 3. The first-order chi connectivity index (χ1) is 35.1. The van der Waals surface area contributed by atoms with Crippen LogP contribution in [0.4, 0.5) is 16.2 Å². The minimum Gasteiger partial charge on any atom is 0 e. The van der Waals surface area contributed by atoms with E-state index in [9.17, 15) is 29.1 Å². The van der Waals surface area contributed by atoms with Crippen LogP contribution in [0.5, 0.6) is 11.5 Å². The van der Waals surface area contributed by atoms with Crippen molar-refractivity contribution in [2.45, 2.75) is 89.9 Å². The fourth-order valence-electron chi connectivity index (χ4n) is 7.48. The third-order valence-electron chi connectivity index (χ3n) is 11.0. The molecule has 20 heteroatoms. The molecule has 0 saturated heterocycles. The molecule has 3 aromatic carbocycles. The molecule has 0 unspecified atom stereocenters. The van der Waals surface area contributed by atoms with Crippen molar-refractivity contribution in [2.75, 3.05) is 30.5 Å². The summed E-state index contributed by atoms with van der Waals surface area (Å²) >= 11 is 0. The van der Waals surface area contributed by atoms with Gasteiger partial charge in [0, 0.05) is 69.9 Å². The van der Waals surface area contributed by atoms with Crippen molar-refractivity contribution in [3.63, 3.8) is 0 Å². The molecule has 3 heterocycles. The molecule has 6 N–H and O–H groups in total. The predicted octanol–water partition coefficient (Wildman–Crippen LogP) is 6.95. The van der Waals surface area contributed by atoms with E-state index < -0.39 is 42.3 Å². The Labute approximate surface area is 438 Å². The molecule has 0 fully saturated rings. The van der Waals surface area contributed by atoms with Gasteiger partial charge in [-0.25, -0.2) is 4.79 Å². The molecule has 5 amide bonds. The Balaban J connectivity index is 0.00000251. The van der Waals surface area contributed by atoms with Crippen molar-refractivity contribution in [1.82, 2.24) is 30.8 Å². The number of nitrogens with one attached hydrogen (secondary N) is 5. The largest absolute Gasteiger partial charge is 0 e. The standard InChI is InChI=1S/C50H58N8O8.3CO.Tc/c1-35-13-4-5-16-41(35)57-50(64)54-38-22-19-36(20-23-38)29-47(60)55-42(49(63)56-43(31-48(61)62)37-21-24-44-45(30-37)66-34-65-44)17-8-11-27-53-46(59)18-3-2-12-28-58(32-39-14-6-9-25-51-39)33-40-15-7-10-26-52-40;3*1-2;/h4-7,9-10,13-16,19-26,30,42-43H,2-3,8,11-12,17-18,27-29,31-34H2,1H3,(H,53,59)(H,55,60)(H,56,63)(H,61,62)(H2,54,57,64);;;;/t42-,43-;;;;/m0..../s1. The molecular formula is C53H58N8O11Tc. The summed E-state index contributed by atoms with van der Waals surface area (Å²) in [6.07, 6.45) is 7.34. The van der Waals surface area contributed by atoms with E-state index >= 15 is 0 Å². The minimum atomic E-state index is -1.12. The fraction of sp³-hybridized carbons (Fsp3) is 0.321. The minimum absolute atomic E-state index is 0. The number of ether oxygens (including phenoxy) is 2. The van der Waals surface area contributed by atoms with Gasteiger partial charge in [-0.3, -0.25) is 34.0 Å². The molecular weight excluding hydrogens is 1020 g/mol. The summed E-state index contributed by atoms with van der Waals surface area (Å²) < 4.78 is 33.4. The smallest absolute Gasteiger partial charge is 0 e. The van der Waals surface area contributed by atoms with Gasteiger partial charge in [-0.15, -0.1) is 0 Å². The van der Waals surface area contributed by atoms with E-state index in [1.54, 1.807) is 54.9 Å². The van der Waals surface area contributed by atoms with Gasteiger partial charge >= 0.3 is 45.9 Å². The van der Waals surface area contributed by atoms with Crippen LogP contribution in [0.3, 0.4) is 0 Å². The molecule has 0 spiro atoms. The number of carboxylic acids is 1. The fourth-order valence-corrected chi connectivity index (χ4v) is 7.48. The van der Waals surface area contributed by atoms with Crippen LogP contribution < -0.4 is 36.1 Å². The zero-order valence-corrected chi connectivity index (χ0v) is 42.1. The molecule has 5 aromatic rings. The number of aliphatic carboxylic acids is 1. The molecule has 1 aliphatic heterocycles. The normalized spacial score (nSPS) is 11.3. The van der Waals surface area contributed by atoms with E-state index in [-0.39, 0.29) is 45.6 Å². The number of pyridine rings is 2. The molecule has 2 aromatic heterocycles. The molecule has 0 saturated carbocycles. The summed E-state index contributed by atoms with van der Waals surface area (Å²) in [6.45, 7) is 18.1. The second kappa shape index (κ2) is 35.6. The SMILES string of the molecule is Cc1ccccc1NC(=O)Nc1ccc(CC(=O)N[C@@H](CCCCNC(=O)CCCCCN(Cc2ccccn2)Cc2ccccn2)C(=O)N[C@@H](CC(=O)O)c2ccc3c(c2)OCO3)cc1.[C-]#[O+].[C-]#[O+].[C-]#[O+].[Tc]. The van der Waals surface area contributed by atoms with Crippen LogP contribution >= 0.6 is 0 Å². The summed E-state index contributed by atoms with van der Waals surface area (Å²) in [4.78, 5) is 75.9. The summed E-state index contributed by atoms with van der Waals surface area (Å²) in [5.41, 5.74) is 5.27. The number of hydrogen-bond donors (Lipinski definition) is 6. The molecule has 0 aliphatic carbocycles. The van der Waals surface area contributed by atoms with Crippen molar-refractivity contribution in [3.8, 4) is 11.5 Å². The van der Waals surface area contributed by atoms with Gasteiger partial charge in [0.25, 0.3) is 0 Å². The van der Waals surface area contributed by atoms with E-state index in [4.69, 9.17) is 23.4 Å². The van der Waals surface area contributed by atoms with Gasteiger partial charge in [-0.1, -0.05) is 55.0 Å². The Kier molecular flexibility index (Phi) is 30.1. The Morgan fingerprint density at radius 1 is 0.712 bits per heavy atom. The zero-order valence-electron chi connectivity index (χ0n) is 40.3. The quantitative estimate of drug-likeness (QED) is 0.0198. The summed E-state index contributed by atoms with van der Waals surface area (Å²) in [6, 6.07) is 28.7. The first-order valence-electron chi connectivity index (χ1n) is 22.9. The number of aryl methyl sites for hydroxylation is 1. The summed E-state index contributed by atoms with van der Waals surface area (Å²) in [5.74, 6) is -1.18. The number of aromatic nitrogens is 2. The van der Waals surface area contributed by atoms with Crippen LogP contribution in [0.1, 0.15) is 85.5 Å². The molecule has 2 atom stereocenters. The monoisotopic (exact) mass is 1080 g/mol. The number of carboxylic acid groups (broad SMARTS) is 1.